The van der Waals surface area contributed by atoms with Crippen LogP contribution in [0.3, 0.4) is 0 Å². The van der Waals surface area contributed by atoms with Crippen LogP contribution in [0.25, 0.3) is 10.9 Å². The molecular formula is C21H27NO2. The van der Waals surface area contributed by atoms with Crippen LogP contribution >= 0.6 is 0 Å². The number of fused-ring (bicyclic) bond motifs is 1. The number of rotatable bonds is 5. The van der Waals surface area contributed by atoms with Gasteiger partial charge >= 0.3 is 0 Å². The van der Waals surface area contributed by atoms with E-state index in [0.717, 1.165) is 41.4 Å². The normalized spacial score (nSPS) is 19.7. The summed E-state index contributed by atoms with van der Waals surface area (Å²) in [7, 11) is 2.05. The smallest absolute Gasteiger partial charge is 0.192 e. The highest BCUT2D eigenvalue weighted by molar-refractivity contribution is 5.80. The lowest BCUT2D eigenvalue weighted by molar-refractivity contribution is 0.320. The van der Waals surface area contributed by atoms with E-state index in [4.69, 9.17) is 4.74 Å². The van der Waals surface area contributed by atoms with Gasteiger partial charge in [0.15, 0.2) is 5.43 Å². The molecule has 0 aliphatic carbocycles. The molecule has 128 valence electrons. The van der Waals surface area contributed by atoms with Gasteiger partial charge in [0, 0.05) is 30.1 Å². The molecule has 0 N–H and O–H groups in total. The van der Waals surface area contributed by atoms with Crippen LogP contribution in [0.5, 0.6) is 0 Å². The first-order valence-corrected chi connectivity index (χ1v) is 8.72. The van der Waals surface area contributed by atoms with Gasteiger partial charge < -0.3 is 9.30 Å². The first kappa shape index (κ1) is 17.0. The Bertz CT molecular complexity index is 858. The number of aromatic nitrogens is 1. The van der Waals surface area contributed by atoms with E-state index < -0.39 is 0 Å². The van der Waals surface area contributed by atoms with Gasteiger partial charge in [-0.15, -0.1) is 0 Å². The SMILES string of the molecule is C/C(=C\Cc1c(C)c(=O)c2ccccc2n1C)CCC1OC1(C)C. The van der Waals surface area contributed by atoms with Crippen molar-refractivity contribution in [2.75, 3.05) is 0 Å². The van der Waals surface area contributed by atoms with Gasteiger partial charge in [0.05, 0.1) is 17.2 Å². The molecule has 24 heavy (non-hydrogen) atoms. The van der Waals surface area contributed by atoms with Crippen LogP contribution in [0.4, 0.5) is 0 Å². The number of benzene rings is 1. The van der Waals surface area contributed by atoms with Gasteiger partial charge in [-0.1, -0.05) is 23.8 Å². The first-order valence-electron chi connectivity index (χ1n) is 8.72. The van der Waals surface area contributed by atoms with Crippen molar-refractivity contribution in [2.45, 2.75) is 58.7 Å². The predicted octanol–water partition coefficient (Wildman–Crippen LogP) is 4.29. The molecule has 0 bridgehead atoms. The molecule has 2 heterocycles. The maximum atomic E-state index is 12.6. The van der Waals surface area contributed by atoms with Crippen molar-refractivity contribution in [2.24, 2.45) is 7.05 Å². The lowest BCUT2D eigenvalue weighted by Crippen LogP contribution is -2.16. The van der Waals surface area contributed by atoms with E-state index in [0.29, 0.717) is 6.10 Å². The number of ether oxygens (including phenoxy) is 1. The maximum absolute atomic E-state index is 12.6. The Labute approximate surface area is 144 Å². The lowest BCUT2D eigenvalue weighted by Gasteiger charge is -2.14. The second-order valence-corrected chi connectivity index (χ2v) is 7.48. The molecule has 1 aromatic heterocycles. The highest BCUT2D eigenvalue weighted by Gasteiger charge is 2.46. The zero-order valence-electron chi connectivity index (χ0n) is 15.3. The number of para-hydroxylation sites is 1. The molecule has 0 saturated carbocycles. The second kappa shape index (κ2) is 6.21. The summed E-state index contributed by atoms with van der Waals surface area (Å²) in [5, 5.41) is 0.801. The molecule has 0 spiro atoms. The third-order valence-electron chi connectivity index (χ3n) is 5.30. The highest BCUT2D eigenvalue weighted by atomic mass is 16.6. The quantitative estimate of drug-likeness (QED) is 0.607. The molecule has 0 radical (unpaired) electrons. The number of pyridine rings is 1. The summed E-state index contributed by atoms with van der Waals surface area (Å²) in [5.41, 5.74) is 4.54. The molecule has 1 saturated heterocycles. The largest absolute Gasteiger partial charge is 0.367 e. The van der Waals surface area contributed by atoms with Crippen LogP contribution in [0.2, 0.25) is 0 Å². The number of aryl methyl sites for hydroxylation is 1. The van der Waals surface area contributed by atoms with Gasteiger partial charge in [-0.3, -0.25) is 4.79 Å². The number of epoxide rings is 1. The van der Waals surface area contributed by atoms with Gasteiger partial charge in [0.25, 0.3) is 0 Å². The van der Waals surface area contributed by atoms with Crippen LogP contribution in [-0.2, 0) is 18.2 Å². The Kier molecular flexibility index (Phi) is 4.39. The van der Waals surface area contributed by atoms with E-state index in [-0.39, 0.29) is 11.0 Å². The fourth-order valence-electron chi connectivity index (χ4n) is 3.45. The van der Waals surface area contributed by atoms with Gasteiger partial charge in [-0.2, -0.15) is 0 Å². The zero-order valence-corrected chi connectivity index (χ0v) is 15.3. The van der Waals surface area contributed by atoms with Crippen molar-refractivity contribution in [1.29, 1.82) is 0 Å². The van der Waals surface area contributed by atoms with E-state index in [2.05, 4.69) is 31.4 Å². The van der Waals surface area contributed by atoms with Crippen molar-refractivity contribution >= 4 is 10.9 Å². The second-order valence-electron chi connectivity index (χ2n) is 7.48. The minimum absolute atomic E-state index is 0.0686. The predicted molar refractivity (Wildman–Crippen MR) is 99.6 cm³/mol. The molecule has 3 nitrogen and oxygen atoms in total. The van der Waals surface area contributed by atoms with Crippen molar-refractivity contribution < 1.29 is 4.74 Å². The summed E-state index contributed by atoms with van der Waals surface area (Å²) in [6, 6.07) is 7.84. The van der Waals surface area contributed by atoms with E-state index in [1.54, 1.807) is 0 Å². The molecule has 3 rings (SSSR count). The molecule has 1 aliphatic heterocycles. The van der Waals surface area contributed by atoms with Crippen LogP contribution in [0.15, 0.2) is 40.7 Å². The summed E-state index contributed by atoms with van der Waals surface area (Å²) < 4.78 is 7.80. The Morgan fingerprint density at radius 1 is 1.33 bits per heavy atom. The van der Waals surface area contributed by atoms with Crippen LogP contribution in [-0.4, -0.2) is 16.3 Å². The van der Waals surface area contributed by atoms with Gasteiger partial charge in [-0.25, -0.2) is 0 Å². The molecule has 1 aliphatic rings. The Hall–Kier alpha value is -1.87. The molecule has 1 atom stereocenters. The van der Waals surface area contributed by atoms with Gasteiger partial charge in [-0.05, 0) is 52.7 Å². The summed E-state index contributed by atoms with van der Waals surface area (Å²) in [5.74, 6) is 0. The average Bonchev–Trinajstić information content (AvgIpc) is 3.18. The Morgan fingerprint density at radius 3 is 2.67 bits per heavy atom. The Morgan fingerprint density at radius 2 is 2.00 bits per heavy atom. The van der Waals surface area contributed by atoms with Crippen LogP contribution in [0.1, 0.15) is 44.9 Å². The summed E-state index contributed by atoms with van der Waals surface area (Å²) >= 11 is 0. The van der Waals surface area contributed by atoms with E-state index >= 15 is 0 Å². The van der Waals surface area contributed by atoms with E-state index in [1.807, 2.05) is 38.2 Å². The average molecular weight is 325 g/mol. The van der Waals surface area contributed by atoms with Gasteiger partial charge in [0.2, 0.25) is 0 Å². The summed E-state index contributed by atoms with van der Waals surface area (Å²) in [6.45, 7) is 8.40. The molecule has 2 aromatic rings. The van der Waals surface area contributed by atoms with Crippen molar-refractivity contribution in [3.05, 3.63) is 57.4 Å². The minimum Gasteiger partial charge on any atom is -0.367 e. The fraction of sp³-hybridized carbons (Fsp3) is 0.476. The monoisotopic (exact) mass is 325 g/mol. The molecule has 1 fully saturated rings. The minimum atomic E-state index is 0.0686. The molecule has 1 unspecified atom stereocenters. The fourth-order valence-corrected chi connectivity index (χ4v) is 3.45. The van der Waals surface area contributed by atoms with Gasteiger partial charge in [0.1, 0.15) is 0 Å². The number of hydrogen-bond acceptors (Lipinski definition) is 2. The third kappa shape index (κ3) is 3.18. The third-order valence-corrected chi connectivity index (χ3v) is 5.30. The Balaban J connectivity index is 1.80. The van der Waals surface area contributed by atoms with E-state index in [9.17, 15) is 4.79 Å². The molecule has 1 aromatic carbocycles. The molecule has 0 amide bonds. The topological polar surface area (TPSA) is 34.5 Å². The first-order chi connectivity index (χ1) is 11.3. The number of nitrogens with zero attached hydrogens (tertiary/aromatic N) is 1. The van der Waals surface area contributed by atoms with Crippen LogP contribution in [0, 0.1) is 6.92 Å². The van der Waals surface area contributed by atoms with E-state index in [1.165, 1.54) is 5.57 Å². The van der Waals surface area contributed by atoms with Crippen molar-refractivity contribution in [1.82, 2.24) is 4.57 Å². The zero-order chi connectivity index (χ0) is 17.5. The highest BCUT2D eigenvalue weighted by Crippen LogP contribution is 2.38. The standard InChI is InChI=1S/C21H27NO2/c1-14(11-13-19-21(3,4)24-19)10-12-17-15(2)20(23)16-8-6-7-9-18(16)22(17)5/h6-10,19H,11-13H2,1-5H3/b14-10+. The van der Waals surface area contributed by atoms with Crippen LogP contribution < -0.4 is 5.43 Å². The van der Waals surface area contributed by atoms with Crippen molar-refractivity contribution in [3.63, 3.8) is 0 Å². The molecular weight excluding hydrogens is 298 g/mol. The lowest BCUT2D eigenvalue weighted by atomic mass is 10.0. The summed E-state index contributed by atoms with van der Waals surface area (Å²) in [6.07, 6.45) is 5.57. The molecule has 3 heteroatoms. The maximum Gasteiger partial charge on any atom is 0.192 e. The summed E-state index contributed by atoms with van der Waals surface area (Å²) in [4.78, 5) is 12.6. The van der Waals surface area contributed by atoms with Crippen molar-refractivity contribution in [3.8, 4) is 0 Å². The number of hydrogen-bond donors (Lipinski definition) is 0. The number of allylic oxidation sites excluding steroid dienone is 2.